The van der Waals surface area contributed by atoms with Crippen molar-refractivity contribution in [2.24, 2.45) is 0 Å². The fourth-order valence-electron chi connectivity index (χ4n) is 2.50. The second-order valence-corrected chi connectivity index (χ2v) is 5.46. The van der Waals surface area contributed by atoms with Gasteiger partial charge in [0.15, 0.2) is 0 Å². The molecule has 20 heavy (non-hydrogen) atoms. The van der Waals surface area contributed by atoms with Crippen LogP contribution in [0.1, 0.15) is 23.7 Å². The highest BCUT2D eigenvalue weighted by molar-refractivity contribution is 5.96. The summed E-state index contributed by atoms with van der Waals surface area (Å²) >= 11 is 0. The van der Waals surface area contributed by atoms with Crippen LogP contribution in [-0.2, 0) is 0 Å². The molecular formula is C15H15NO4. The standard InChI is InChI=1S/C15H15NO4/c1-15(19)6-7-16(9-15)13(17)11-8-10-4-2-3-5-12(10)20-14(11)18/h2-5,8,19H,6-7,9H2,1H3. The fourth-order valence-corrected chi connectivity index (χ4v) is 2.50. The summed E-state index contributed by atoms with van der Waals surface area (Å²) in [6.45, 7) is 2.36. The lowest BCUT2D eigenvalue weighted by Gasteiger charge is -2.18. The van der Waals surface area contributed by atoms with Gasteiger partial charge >= 0.3 is 5.63 Å². The maximum atomic E-state index is 12.4. The number of fused-ring (bicyclic) bond motifs is 1. The molecule has 5 heteroatoms. The van der Waals surface area contributed by atoms with E-state index in [1.54, 1.807) is 31.2 Å². The van der Waals surface area contributed by atoms with E-state index in [0.29, 0.717) is 23.9 Å². The zero-order chi connectivity index (χ0) is 14.3. The van der Waals surface area contributed by atoms with Crippen LogP contribution in [0.4, 0.5) is 0 Å². The summed E-state index contributed by atoms with van der Waals surface area (Å²) in [6, 6.07) is 8.61. The van der Waals surface area contributed by atoms with Crippen LogP contribution in [0.15, 0.2) is 39.5 Å². The topological polar surface area (TPSA) is 70.8 Å². The van der Waals surface area contributed by atoms with Crippen LogP contribution in [-0.4, -0.2) is 34.6 Å². The first-order valence-corrected chi connectivity index (χ1v) is 6.51. The van der Waals surface area contributed by atoms with E-state index in [1.165, 1.54) is 4.90 Å². The maximum Gasteiger partial charge on any atom is 0.349 e. The molecule has 1 amide bonds. The lowest BCUT2D eigenvalue weighted by molar-refractivity contribution is 0.0570. The van der Waals surface area contributed by atoms with Crippen molar-refractivity contribution < 1.29 is 14.3 Å². The van der Waals surface area contributed by atoms with Crippen molar-refractivity contribution in [2.75, 3.05) is 13.1 Å². The monoisotopic (exact) mass is 273 g/mol. The number of rotatable bonds is 1. The van der Waals surface area contributed by atoms with Crippen molar-refractivity contribution in [1.82, 2.24) is 4.90 Å². The van der Waals surface area contributed by atoms with Crippen LogP contribution in [0.5, 0.6) is 0 Å². The molecule has 0 radical (unpaired) electrons. The SMILES string of the molecule is CC1(O)CCN(C(=O)c2cc3ccccc3oc2=O)C1. The van der Waals surface area contributed by atoms with Gasteiger partial charge in [0.25, 0.3) is 5.91 Å². The van der Waals surface area contributed by atoms with Crippen LogP contribution in [0.3, 0.4) is 0 Å². The zero-order valence-corrected chi connectivity index (χ0v) is 11.1. The van der Waals surface area contributed by atoms with E-state index in [4.69, 9.17) is 4.42 Å². The molecule has 0 bridgehead atoms. The van der Waals surface area contributed by atoms with E-state index in [0.717, 1.165) is 0 Å². The number of β-amino-alcohol motifs (C(OH)–C–C–N with tert-alkyl or cyclic N) is 1. The highest BCUT2D eigenvalue weighted by atomic mass is 16.4. The van der Waals surface area contributed by atoms with Gasteiger partial charge in [-0.3, -0.25) is 4.79 Å². The third-order valence-electron chi connectivity index (χ3n) is 3.61. The summed E-state index contributed by atoms with van der Waals surface area (Å²) in [7, 11) is 0. The highest BCUT2D eigenvalue weighted by Crippen LogP contribution is 2.22. The lowest BCUT2D eigenvalue weighted by atomic mass is 10.1. The molecule has 3 rings (SSSR count). The number of nitrogens with zero attached hydrogens (tertiary/aromatic N) is 1. The minimum Gasteiger partial charge on any atom is -0.422 e. The van der Waals surface area contributed by atoms with Crippen molar-refractivity contribution in [3.05, 3.63) is 46.3 Å². The van der Waals surface area contributed by atoms with Gasteiger partial charge in [-0.05, 0) is 25.5 Å². The quantitative estimate of drug-likeness (QED) is 0.797. The molecule has 5 nitrogen and oxygen atoms in total. The molecule has 1 atom stereocenters. The van der Waals surface area contributed by atoms with Gasteiger partial charge < -0.3 is 14.4 Å². The summed E-state index contributed by atoms with van der Waals surface area (Å²) in [5, 5.41) is 10.6. The summed E-state index contributed by atoms with van der Waals surface area (Å²) in [5.74, 6) is -0.387. The average molecular weight is 273 g/mol. The van der Waals surface area contributed by atoms with Crippen LogP contribution in [0.25, 0.3) is 11.0 Å². The fraction of sp³-hybridized carbons (Fsp3) is 0.333. The first kappa shape index (κ1) is 12.9. The smallest absolute Gasteiger partial charge is 0.349 e. The Hall–Kier alpha value is -2.14. The van der Waals surface area contributed by atoms with E-state index >= 15 is 0 Å². The van der Waals surface area contributed by atoms with Gasteiger partial charge in [0.05, 0.1) is 5.60 Å². The van der Waals surface area contributed by atoms with Gasteiger partial charge in [-0.2, -0.15) is 0 Å². The molecule has 1 N–H and O–H groups in total. The predicted octanol–water partition coefficient (Wildman–Crippen LogP) is 1.39. The molecule has 2 aromatic rings. The average Bonchev–Trinajstić information content (AvgIpc) is 2.77. The van der Waals surface area contributed by atoms with Crippen LogP contribution >= 0.6 is 0 Å². The summed E-state index contributed by atoms with van der Waals surface area (Å²) < 4.78 is 5.16. The predicted molar refractivity (Wildman–Crippen MR) is 73.6 cm³/mol. The number of hydrogen-bond donors (Lipinski definition) is 1. The van der Waals surface area contributed by atoms with Crippen LogP contribution in [0.2, 0.25) is 0 Å². The van der Waals surface area contributed by atoms with Gasteiger partial charge in [0.2, 0.25) is 0 Å². The molecule has 1 unspecified atom stereocenters. The highest BCUT2D eigenvalue weighted by Gasteiger charge is 2.35. The van der Waals surface area contributed by atoms with Gasteiger partial charge in [0.1, 0.15) is 11.1 Å². The first-order valence-electron chi connectivity index (χ1n) is 6.51. The molecule has 1 aliphatic rings. The summed E-state index contributed by atoms with van der Waals surface area (Å²) in [4.78, 5) is 25.8. The number of benzene rings is 1. The molecule has 104 valence electrons. The largest absolute Gasteiger partial charge is 0.422 e. The molecule has 1 fully saturated rings. The summed E-state index contributed by atoms with van der Waals surface area (Å²) in [6.07, 6.45) is 0.512. The Morgan fingerprint density at radius 2 is 2.15 bits per heavy atom. The molecule has 1 aromatic heterocycles. The van der Waals surface area contributed by atoms with Crippen LogP contribution in [0, 0.1) is 0 Å². The molecule has 1 aromatic carbocycles. The maximum absolute atomic E-state index is 12.4. The second-order valence-electron chi connectivity index (χ2n) is 5.46. The third-order valence-corrected chi connectivity index (χ3v) is 3.61. The van der Waals surface area contributed by atoms with Crippen molar-refractivity contribution in [2.45, 2.75) is 18.9 Å². The number of amides is 1. The number of carbonyl (C=O) groups excluding carboxylic acids is 1. The van der Waals surface area contributed by atoms with Gasteiger partial charge in [-0.25, -0.2) is 4.79 Å². The molecule has 1 saturated heterocycles. The molecular weight excluding hydrogens is 258 g/mol. The Bertz CT molecular complexity index is 732. The summed E-state index contributed by atoms with van der Waals surface area (Å²) in [5.41, 5.74) is -1.05. The second kappa shape index (κ2) is 4.45. The number of carbonyl (C=O) groups is 1. The Labute approximate surface area is 115 Å². The Morgan fingerprint density at radius 3 is 2.85 bits per heavy atom. The molecule has 0 spiro atoms. The van der Waals surface area contributed by atoms with Crippen LogP contribution < -0.4 is 5.63 Å². The molecule has 1 aliphatic heterocycles. The minimum absolute atomic E-state index is 0.0152. The van der Waals surface area contributed by atoms with Crippen molar-refractivity contribution >= 4 is 16.9 Å². The van der Waals surface area contributed by atoms with E-state index in [9.17, 15) is 14.7 Å². The minimum atomic E-state index is -0.882. The molecule has 0 aliphatic carbocycles. The Kier molecular flexibility index (Phi) is 2.87. The van der Waals surface area contributed by atoms with E-state index in [1.807, 2.05) is 6.07 Å². The zero-order valence-electron chi connectivity index (χ0n) is 11.1. The number of aliphatic hydroxyl groups is 1. The van der Waals surface area contributed by atoms with Crippen molar-refractivity contribution in [3.8, 4) is 0 Å². The molecule has 0 saturated carbocycles. The Morgan fingerprint density at radius 1 is 1.40 bits per heavy atom. The third kappa shape index (κ3) is 2.20. The number of para-hydroxylation sites is 1. The van der Waals surface area contributed by atoms with E-state index < -0.39 is 11.2 Å². The van der Waals surface area contributed by atoms with Crippen molar-refractivity contribution in [1.29, 1.82) is 0 Å². The first-order chi connectivity index (χ1) is 9.46. The van der Waals surface area contributed by atoms with Gasteiger partial charge in [-0.1, -0.05) is 18.2 Å². The number of hydrogen-bond acceptors (Lipinski definition) is 4. The van der Waals surface area contributed by atoms with Gasteiger partial charge in [0, 0.05) is 18.5 Å². The number of likely N-dealkylation sites (tertiary alicyclic amines) is 1. The Balaban J connectivity index is 2.00. The molecule has 2 heterocycles. The normalized spacial score (nSPS) is 22.4. The lowest BCUT2D eigenvalue weighted by Crippen LogP contribution is -2.35. The van der Waals surface area contributed by atoms with E-state index in [2.05, 4.69) is 0 Å². The van der Waals surface area contributed by atoms with E-state index in [-0.39, 0.29) is 18.0 Å². The van der Waals surface area contributed by atoms with Gasteiger partial charge in [-0.15, -0.1) is 0 Å². The van der Waals surface area contributed by atoms with Crippen molar-refractivity contribution in [3.63, 3.8) is 0 Å².